The molecule has 84 valence electrons. The average molecular weight is 270 g/mol. The number of aliphatic hydroxyl groups is 1. The Hall–Kier alpha value is 0.01000. The Kier molecular flexibility index (Phi) is 5.16. The van der Waals surface area contributed by atoms with Gasteiger partial charge in [-0.15, -0.1) is 0 Å². The van der Waals surface area contributed by atoms with E-state index < -0.39 is 6.29 Å². The lowest BCUT2D eigenvalue weighted by atomic mass is 10.2. The van der Waals surface area contributed by atoms with E-state index in [2.05, 4.69) is 0 Å². The van der Waals surface area contributed by atoms with E-state index in [1.807, 2.05) is 6.92 Å². The molecule has 0 amide bonds. The fourth-order valence-corrected chi connectivity index (χ4v) is 1.66. The van der Waals surface area contributed by atoms with Crippen LogP contribution in [0.2, 0.25) is 15.1 Å². The largest absolute Gasteiger partial charge is 0.368 e. The van der Waals surface area contributed by atoms with Crippen molar-refractivity contribution in [2.24, 2.45) is 0 Å². The fourth-order valence-electron chi connectivity index (χ4n) is 0.999. The lowest BCUT2D eigenvalue weighted by Crippen LogP contribution is -2.10. The maximum absolute atomic E-state index is 9.23. The molecule has 2 nitrogen and oxygen atoms in total. The second-order valence-electron chi connectivity index (χ2n) is 3.00. The monoisotopic (exact) mass is 268 g/mol. The van der Waals surface area contributed by atoms with Gasteiger partial charge in [0.2, 0.25) is 0 Å². The topological polar surface area (TPSA) is 29.5 Å². The lowest BCUT2D eigenvalue weighted by Gasteiger charge is -2.12. The fraction of sp³-hybridized carbons (Fsp3) is 0.400. The average Bonchev–Trinajstić information content (AvgIpc) is 2.23. The van der Waals surface area contributed by atoms with E-state index in [4.69, 9.17) is 39.5 Å². The summed E-state index contributed by atoms with van der Waals surface area (Å²) in [5.74, 6) is 0. The zero-order valence-corrected chi connectivity index (χ0v) is 10.4. The highest BCUT2D eigenvalue weighted by atomic mass is 35.5. The molecule has 0 fully saturated rings. The van der Waals surface area contributed by atoms with Gasteiger partial charge in [0.25, 0.3) is 0 Å². The van der Waals surface area contributed by atoms with Gasteiger partial charge < -0.3 is 9.84 Å². The number of benzene rings is 1. The first-order valence-electron chi connectivity index (χ1n) is 4.48. The molecular weight excluding hydrogens is 258 g/mol. The molecule has 15 heavy (non-hydrogen) atoms. The third kappa shape index (κ3) is 3.51. The Morgan fingerprint density at radius 1 is 1.27 bits per heavy atom. The Labute approximate surface area is 104 Å². The van der Waals surface area contributed by atoms with E-state index in [9.17, 15) is 5.11 Å². The molecule has 0 bridgehead atoms. The van der Waals surface area contributed by atoms with Crippen LogP contribution in [-0.2, 0) is 11.3 Å². The van der Waals surface area contributed by atoms with Crippen molar-refractivity contribution in [2.45, 2.75) is 26.2 Å². The predicted octanol–water partition coefficient (Wildman–Crippen LogP) is 3.89. The van der Waals surface area contributed by atoms with E-state index >= 15 is 0 Å². The van der Waals surface area contributed by atoms with Crippen molar-refractivity contribution < 1.29 is 9.84 Å². The molecule has 0 aliphatic rings. The SMILES string of the molecule is CCC(O)OCc1c(Cl)ccc(Cl)c1Cl. The number of rotatable bonds is 4. The van der Waals surface area contributed by atoms with Crippen LogP contribution in [0.4, 0.5) is 0 Å². The lowest BCUT2D eigenvalue weighted by molar-refractivity contribution is -0.109. The first-order valence-corrected chi connectivity index (χ1v) is 5.61. The van der Waals surface area contributed by atoms with Gasteiger partial charge in [-0.2, -0.15) is 0 Å². The van der Waals surface area contributed by atoms with Crippen LogP contribution in [0, 0.1) is 0 Å². The van der Waals surface area contributed by atoms with Gasteiger partial charge >= 0.3 is 0 Å². The zero-order chi connectivity index (χ0) is 11.4. The molecule has 0 heterocycles. The Bertz CT molecular complexity index is 342. The van der Waals surface area contributed by atoms with Gasteiger partial charge in [-0.05, 0) is 18.6 Å². The van der Waals surface area contributed by atoms with Crippen molar-refractivity contribution in [2.75, 3.05) is 0 Å². The van der Waals surface area contributed by atoms with Gasteiger partial charge in [0.05, 0.1) is 16.7 Å². The molecule has 1 atom stereocenters. The van der Waals surface area contributed by atoms with Crippen LogP contribution in [0.1, 0.15) is 18.9 Å². The molecule has 0 saturated carbocycles. The minimum absolute atomic E-state index is 0.146. The summed E-state index contributed by atoms with van der Waals surface area (Å²) in [7, 11) is 0. The Morgan fingerprint density at radius 2 is 1.87 bits per heavy atom. The van der Waals surface area contributed by atoms with Gasteiger partial charge in [0.1, 0.15) is 0 Å². The molecule has 1 N–H and O–H groups in total. The normalized spacial score (nSPS) is 12.9. The summed E-state index contributed by atoms with van der Waals surface area (Å²) < 4.78 is 5.12. The summed E-state index contributed by atoms with van der Waals surface area (Å²) in [5, 5.41) is 10.5. The quantitative estimate of drug-likeness (QED) is 0.664. The molecule has 1 aromatic rings. The Morgan fingerprint density at radius 3 is 2.47 bits per heavy atom. The first kappa shape index (κ1) is 13.1. The van der Waals surface area contributed by atoms with Crippen molar-refractivity contribution in [1.82, 2.24) is 0 Å². The van der Waals surface area contributed by atoms with E-state index in [1.165, 1.54) is 0 Å². The maximum Gasteiger partial charge on any atom is 0.154 e. The van der Waals surface area contributed by atoms with Crippen LogP contribution in [-0.4, -0.2) is 11.4 Å². The third-order valence-corrected chi connectivity index (χ3v) is 3.11. The second-order valence-corrected chi connectivity index (χ2v) is 4.19. The van der Waals surface area contributed by atoms with Gasteiger partial charge in [0, 0.05) is 10.6 Å². The molecule has 1 unspecified atom stereocenters. The van der Waals surface area contributed by atoms with Crippen LogP contribution in [0.15, 0.2) is 12.1 Å². The highest BCUT2D eigenvalue weighted by Crippen LogP contribution is 2.32. The minimum Gasteiger partial charge on any atom is -0.368 e. The van der Waals surface area contributed by atoms with Gasteiger partial charge in [-0.3, -0.25) is 0 Å². The maximum atomic E-state index is 9.23. The van der Waals surface area contributed by atoms with Gasteiger partial charge in [-0.25, -0.2) is 0 Å². The molecule has 1 rings (SSSR count). The Balaban J connectivity index is 2.80. The van der Waals surface area contributed by atoms with Crippen molar-refractivity contribution in [3.05, 3.63) is 32.8 Å². The van der Waals surface area contributed by atoms with E-state index in [0.717, 1.165) is 0 Å². The van der Waals surface area contributed by atoms with Crippen LogP contribution in [0.25, 0.3) is 0 Å². The smallest absolute Gasteiger partial charge is 0.154 e. The van der Waals surface area contributed by atoms with E-state index in [-0.39, 0.29) is 6.61 Å². The number of halogens is 3. The number of aliphatic hydroxyl groups excluding tert-OH is 1. The van der Waals surface area contributed by atoms with Crippen molar-refractivity contribution in [1.29, 1.82) is 0 Å². The molecule has 0 aliphatic carbocycles. The van der Waals surface area contributed by atoms with Crippen molar-refractivity contribution >= 4 is 34.8 Å². The number of ether oxygens (including phenoxy) is 1. The van der Waals surface area contributed by atoms with Crippen LogP contribution >= 0.6 is 34.8 Å². The minimum atomic E-state index is -0.809. The molecule has 0 saturated heterocycles. The summed E-state index contributed by atoms with van der Waals surface area (Å²) >= 11 is 17.7. The zero-order valence-electron chi connectivity index (χ0n) is 8.14. The number of hydrogen-bond acceptors (Lipinski definition) is 2. The molecule has 5 heteroatoms. The van der Waals surface area contributed by atoms with E-state index in [0.29, 0.717) is 27.1 Å². The molecule has 1 aromatic carbocycles. The van der Waals surface area contributed by atoms with E-state index in [1.54, 1.807) is 12.1 Å². The highest BCUT2D eigenvalue weighted by molar-refractivity contribution is 6.44. The summed E-state index contributed by atoms with van der Waals surface area (Å²) in [6.07, 6.45) is -0.299. The molecule has 0 spiro atoms. The highest BCUT2D eigenvalue weighted by Gasteiger charge is 2.11. The summed E-state index contributed by atoms with van der Waals surface area (Å²) in [4.78, 5) is 0. The van der Waals surface area contributed by atoms with Crippen LogP contribution < -0.4 is 0 Å². The summed E-state index contributed by atoms with van der Waals surface area (Å²) in [6.45, 7) is 1.96. The standard InChI is InChI=1S/C10H11Cl3O2/c1-2-9(14)15-5-6-7(11)3-4-8(12)10(6)13/h3-4,9,14H,2,5H2,1H3. The van der Waals surface area contributed by atoms with Crippen LogP contribution in [0.5, 0.6) is 0 Å². The summed E-state index contributed by atoms with van der Waals surface area (Å²) in [6, 6.07) is 3.26. The van der Waals surface area contributed by atoms with Gasteiger partial charge in [0.15, 0.2) is 6.29 Å². The molecule has 0 aromatic heterocycles. The molecule has 0 aliphatic heterocycles. The summed E-state index contributed by atoms with van der Waals surface area (Å²) in [5.41, 5.74) is 0.596. The molecule has 0 radical (unpaired) electrons. The van der Waals surface area contributed by atoms with Crippen LogP contribution in [0.3, 0.4) is 0 Å². The first-order chi connectivity index (χ1) is 7.06. The van der Waals surface area contributed by atoms with Crippen molar-refractivity contribution in [3.63, 3.8) is 0 Å². The number of hydrogen-bond donors (Lipinski definition) is 1. The predicted molar refractivity (Wildman–Crippen MR) is 62.6 cm³/mol. The van der Waals surface area contributed by atoms with Gasteiger partial charge in [-0.1, -0.05) is 41.7 Å². The van der Waals surface area contributed by atoms with Crippen molar-refractivity contribution in [3.8, 4) is 0 Å². The second kappa shape index (κ2) is 5.92. The third-order valence-electron chi connectivity index (χ3n) is 1.91. The molecular formula is C10H11Cl3O2.